The van der Waals surface area contributed by atoms with Crippen molar-refractivity contribution in [3.63, 3.8) is 0 Å². The molecule has 18 heavy (non-hydrogen) atoms. The molecular formula is C14H27N3O. The van der Waals surface area contributed by atoms with Crippen molar-refractivity contribution in [1.82, 2.24) is 15.1 Å². The number of nitrogens with one attached hydrogen (secondary N) is 1. The number of aromatic nitrogens is 2. The molecule has 0 spiro atoms. The lowest BCUT2D eigenvalue weighted by molar-refractivity contribution is 0.108. The summed E-state index contributed by atoms with van der Waals surface area (Å²) < 4.78 is 7.51. The fourth-order valence-corrected chi connectivity index (χ4v) is 1.59. The van der Waals surface area contributed by atoms with E-state index >= 15 is 0 Å². The molecule has 0 saturated carbocycles. The van der Waals surface area contributed by atoms with Gasteiger partial charge in [0.2, 0.25) is 0 Å². The van der Waals surface area contributed by atoms with Crippen LogP contribution in [0.5, 0.6) is 0 Å². The smallest absolute Gasteiger partial charge is 0.0762 e. The molecule has 0 bridgehead atoms. The van der Waals surface area contributed by atoms with Crippen molar-refractivity contribution < 1.29 is 4.74 Å². The monoisotopic (exact) mass is 253 g/mol. The standard InChI is InChI=1S/C14H27N3O/c1-12(2)11-18-9-5-7-15-10-14-6-8-17(16-14)13(3)4/h6,8,12-13,15H,5,7,9-11H2,1-4H3. The normalized spacial score (nSPS) is 11.7. The van der Waals surface area contributed by atoms with Gasteiger partial charge in [-0.05, 0) is 38.8 Å². The van der Waals surface area contributed by atoms with Crippen LogP contribution < -0.4 is 5.32 Å². The summed E-state index contributed by atoms with van der Waals surface area (Å²) in [5, 5.41) is 7.88. The number of ether oxygens (including phenoxy) is 1. The summed E-state index contributed by atoms with van der Waals surface area (Å²) in [6, 6.07) is 2.51. The molecule has 1 heterocycles. The first-order valence-corrected chi connectivity index (χ1v) is 6.92. The summed E-state index contributed by atoms with van der Waals surface area (Å²) in [5.41, 5.74) is 1.10. The highest BCUT2D eigenvalue weighted by Gasteiger charge is 2.01. The summed E-state index contributed by atoms with van der Waals surface area (Å²) in [7, 11) is 0. The quantitative estimate of drug-likeness (QED) is 0.688. The molecule has 0 aliphatic carbocycles. The van der Waals surface area contributed by atoms with E-state index in [0.29, 0.717) is 12.0 Å². The first kappa shape index (κ1) is 15.2. The molecule has 104 valence electrons. The topological polar surface area (TPSA) is 39.1 Å². The molecule has 0 aromatic carbocycles. The van der Waals surface area contributed by atoms with E-state index < -0.39 is 0 Å². The zero-order valence-electron chi connectivity index (χ0n) is 12.1. The van der Waals surface area contributed by atoms with Crippen molar-refractivity contribution in [3.05, 3.63) is 18.0 Å². The SMILES string of the molecule is CC(C)COCCCNCc1ccn(C(C)C)n1. The van der Waals surface area contributed by atoms with Crippen LogP contribution in [0, 0.1) is 5.92 Å². The Morgan fingerprint density at radius 1 is 1.33 bits per heavy atom. The minimum atomic E-state index is 0.434. The van der Waals surface area contributed by atoms with Crippen LogP contribution in [0.3, 0.4) is 0 Å². The third-order valence-electron chi connectivity index (χ3n) is 2.59. The maximum atomic E-state index is 5.52. The maximum Gasteiger partial charge on any atom is 0.0762 e. The van der Waals surface area contributed by atoms with E-state index in [1.807, 2.05) is 10.9 Å². The lowest BCUT2D eigenvalue weighted by Crippen LogP contribution is -2.17. The third-order valence-corrected chi connectivity index (χ3v) is 2.59. The molecule has 0 aliphatic heterocycles. The summed E-state index contributed by atoms with van der Waals surface area (Å²) in [6.45, 7) is 12.1. The van der Waals surface area contributed by atoms with Gasteiger partial charge in [-0.15, -0.1) is 0 Å². The van der Waals surface area contributed by atoms with E-state index in [1.165, 1.54) is 0 Å². The van der Waals surface area contributed by atoms with Gasteiger partial charge < -0.3 is 10.1 Å². The first-order chi connectivity index (χ1) is 8.59. The number of rotatable bonds is 9. The molecule has 0 fully saturated rings. The van der Waals surface area contributed by atoms with E-state index in [9.17, 15) is 0 Å². The molecule has 0 radical (unpaired) electrons. The second-order valence-electron chi connectivity index (χ2n) is 5.38. The largest absolute Gasteiger partial charge is 0.381 e. The Morgan fingerprint density at radius 2 is 2.11 bits per heavy atom. The predicted octanol–water partition coefficient (Wildman–Crippen LogP) is 2.62. The average Bonchev–Trinajstić information content (AvgIpc) is 2.76. The average molecular weight is 253 g/mol. The van der Waals surface area contributed by atoms with Crippen LogP contribution in [0.25, 0.3) is 0 Å². The van der Waals surface area contributed by atoms with Gasteiger partial charge in [-0.1, -0.05) is 13.8 Å². The van der Waals surface area contributed by atoms with Crippen molar-refractivity contribution in [2.24, 2.45) is 5.92 Å². The van der Waals surface area contributed by atoms with Crippen molar-refractivity contribution in [2.75, 3.05) is 19.8 Å². The van der Waals surface area contributed by atoms with Gasteiger partial charge in [0.25, 0.3) is 0 Å². The Labute approximate surface area is 111 Å². The van der Waals surface area contributed by atoms with Crippen molar-refractivity contribution >= 4 is 0 Å². The maximum absolute atomic E-state index is 5.52. The second kappa shape index (κ2) is 8.27. The highest BCUT2D eigenvalue weighted by Crippen LogP contribution is 2.03. The molecule has 0 saturated heterocycles. The van der Waals surface area contributed by atoms with E-state index in [4.69, 9.17) is 4.74 Å². The van der Waals surface area contributed by atoms with Gasteiger partial charge in [0.05, 0.1) is 5.69 Å². The van der Waals surface area contributed by atoms with Gasteiger partial charge in [-0.3, -0.25) is 4.68 Å². The van der Waals surface area contributed by atoms with Gasteiger partial charge in [-0.2, -0.15) is 5.10 Å². The molecular weight excluding hydrogens is 226 g/mol. The van der Waals surface area contributed by atoms with Crippen LogP contribution >= 0.6 is 0 Å². The Kier molecular flexibility index (Phi) is 6.98. The fourth-order valence-electron chi connectivity index (χ4n) is 1.59. The second-order valence-corrected chi connectivity index (χ2v) is 5.38. The van der Waals surface area contributed by atoms with Gasteiger partial charge in [0, 0.05) is 32.0 Å². The van der Waals surface area contributed by atoms with Crippen LogP contribution in [-0.4, -0.2) is 29.5 Å². The lowest BCUT2D eigenvalue weighted by atomic mass is 10.2. The van der Waals surface area contributed by atoms with E-state index in [0.717, 1.165) is 38.4 Å². The molecule has 4 nitrogen and oxygen atoms in total. The van der Waals surface area contributed by atoms with E-state index in [2.05, 4.69) is 44.2 Å². The Morgan fingerprint density at radius 3 is 2.72 bits per heavy atom. The molecule has 1 aromatic heterocycles. The van der Waals surface area contributed by atoms with Gasteiger partial charge in [0.15, 0.2) is 0 Å². The third kappa shape index (κ3) is 6.17. The minimum Gasteiger partial charge on any atom is -0.381 e. The van der Waals surface area contributed by atoms with Gasteiger partial charge >= 0.3 is 0 Å². The highest BCUT2D eigenvalue weighted by atomic mass is 16.5. The van der Waals surface area contributed by atoms with Crippen molar-refractivity contribution in [1.29, 1.82) is 0 Å². The summed E-state index contributed by atoms with van der Waals surface area (Å²) in [4.78, 5) is 0. The first-order valence-electron chi connectivity index (χ1n) is 6.92. The molecule has 0 amide bonds. The lowest BCUT2D eigenvalue weighted by Gasteiger charge is -2.07. The minimum absolute atomic E-state index is 0.434. The predicted molar refractivity (Wildman–Crippen MR) is 74.6 cm³/mol. The van der Waals surface area contributed by atoms with Crippen LogP contribution in [0.4, 0.5) is 0 Å². The molecule has 0 atom stereocenters. The van der Waals surface area contributed by atoms with E-state index in [-0.39, 0.29) is 0 Å². The van der Waals surface area contributed by atoms with Crippen LogP contribution in [0.15, 0.2) is 12.3 Å². The van der Waals surface area contributed by atoms with Crippen LogP contribution in [0.2, 0.25) is 0 Å². The fraction of sp³-hybridized carbons (Fsp3) is 0.786. The Hall–Kier alpha value is -0.870. The molecule has 0 unspecified atom stereocenters. The van der Waals surface area contributed by atoms with Crippen molar-refractivity contribution in [2.45, 2.75) is 46.7 Å². The molecule has 0 aliphatic rings. The van der Waals surface area contributed by atoms with Crippen LogP contribution in [-0.2, 0) is 11.3 Å². The van der Waals surface area contributed by atoms with E-state index in [1.54, 1.807) is 0 Å². The van der Waals surface area contributed by atoms with Gasteiger partial charge in [-0.25, -0.2) is 0 Å². The molecule has 1 N–H and O–H groups in total. The zero-order valence-corrected chi connectivity index (χ0v) is 12.1. The number of hydrogen-bond donors (Lipinski definition) is 1. The number of hydrogen-bond acceptors (Lipinski definition) is 3. The van der Waals surface area contributed by atoms with Crippen LogP contribution in [0.1, 0.15) is 45.9 Å². The molecule has 1 aromatic rings. The highest BCUT2D eigenvalue weighted by molar-refractivity contribution is 4.98. The summed E-state index contributed by atoms with van der Waals surface area (Å²) >= 11 is 0. The Bertz CT molecular complexity index is 321. The Balaban J connectivity index is 2.03. The van der Waals surface area contributed by atoms with Crippen molar-refractivity contribution in [3.8, 4) is 0 Å². The summed E-state index contributed by atoms with van der Waals surface area (Å²) in [6.07, 6.45) is 3.09. The number of nitrogens with zero attached hydrogens (tertiary/aromatic N) is 2. The molecule has 1 rings (SSSR count). The molecule has 4 heteroatoms. The van der Waals surface area contributed by atoms with Gasteiger partial charge in [0.1, 0.15) is 0 Å². The summed E-state index contributed by atoms with van der Waals surface area (Å²) in [5.74, 6) is 0.623. The zero-order chi connectivity index (χ0) is 13.4.